The number of amides is 2. The molecule has 3 N–H and O–H groups in total. The number of hydrogen-bond donors (Lipinski definition) is 3. The number of carboxylic acid groups (broad SMARTS) is 1. The summed E-state index contributed by atoms with van der Waals surface area (Å²) in [6.45, 7) is 7.56. The molecule has 0 saturated carbocycles. The molecule has 1 aliphatic rings. The summed E-state index contributed by atoms with van der Waals surface area (Å²) in [5, 5.41) is 14.8. The molecule has 2 aromatic rings. The first-order chi connectivity index (χ1) is 16.1. The van der Waals surface area contributed by atoms with Gasteiger partial charge >= 0.3 is 12.1 Å². The van der Waals surface area contributed by atoms with Crippen molar-refractivity contribution in [1.82, 2.24) is 10.6 Å². The smallest absolute Gasteiger partial charge is 0.407 e. The molecule has 34 heavy (non-hydrogen) atoms. The molecule has 7 heteroatoms. The minimum Gasteiger partial charge on any atom is -0.481 e. The van der Waals surface area contributed by atoms with Gasteiger partial charge in [-0.25, -0.2) is 4.79 Å². The lowest BCUT2D eigenvalue weighted by atomic mass is 9.89. The van der Waals surface area contributed by atoms with Gasteiger partial charge in [-0.2, -0.15) is 0 Å². The lowest BCUT2D eigenvalue weighted by molar-refractivity contribution is -0.147. The van der Waals surface area contributed by atoms with Crippen LogP contribution in [0.15, 0.2) is 48.5 Å². The quantitative estimate of drug-likeness (QED) is 0.476. The van der Waals surface area contributed by atoms with Crippen molar-refractivity contribution < 1.29 is 24.2 Å². The number of rotatable bonds is 10. The second-order valence-corrected chi connectivity index (χ2v) is 9.81. The van der Waals surface area contributed by atoms with Crippen molar-refractivity contribution in [2.24, 2.45) is 11.3 Å². The highest BCUT2D eigenvalue weighted by Gasteiger charge is 2.30. The van der Waals surface area contributed by atoms with E-state index in [1.807, 2.05) is 38.1 Å². The number of nitrogens with one attached hydrogen (secondary N) is 2. The Bertz CT molecular complexity index is 1000. The van der Waals surface area contributed by atoms with Crippen LogP contribution in [-0.2, 0) is 14.3 Å². The molecule has 2 amide bonds. The summed E-state index contributed by atoms with van der Waals surface area (Å²) < 4.78 is 5.61. The van der Waals surface area contributed by atoms with E-state index in [1.165, 1.54) is 0 Å². The molecule has 1 atom stereocenters. The van der Waals surface area contributed by atoms with Crippen LogP contribution in [0.3, 0.4) is 0 Å². The molecule has 182 valence electrons. The maximum Gasteiger partial charge on any atom is 0.407 e. The molecule has 0 spiro atoms. The first-order valence-electron chi connectivity index (χ1n) is 11.7. The Labute approximate surface area is 200 Å². The largest absolute Gasteiger partial charge is 0.481 e. The van der Waals surface area contributed by atoms with Gasteiger partial charge in [0.25, 0.3) is 0 Å². The summed E-state index contributed by atoms with van der Waals surface area (Å²) in [6.07, 6.45) is -0.143. The average molecular weight is 467 g/mol. The van der Waals surface area contributed by atoms with Gasteiger partial charge in [0.2, 0.25) is 5.91 Å². The molecule has 0 heterocycles. The molecular formula is C27H34N2O5. The Morgan fingerprint density at radius 3 is 2.09 bits per heavy atom. The Morgan fingerprint density at radius 1 is 1.00 bits per heavy atom. The maximum atomic E-state index is 12.6. The van der Waals surface area contributed by atoms with Gasteiger partial charge in [0.1, 0.15) is 6.61 Å². The van der Waals surface area contributed by atoms with Crippen molar-refractivity contribution in [2.75, 3.05) is 13.2 Å². The van der Waals surface area contributed by atoms with E-state index in [9.17, 15) is 19.5 Å². The molecule has 7 nitrogen and oxygen atoms in total. The minimum absolute atomic E-state index is 0.0155. The average Bonchev–Trinajstić information content (AvgIpc) is 3.10. The standard InChI is InChI=1S/C27H34N2O5/c1-17(2)23(15-24(30)28-14-13-27(3,4)25(31)32)29-26(33)34-16-22-20-11-7-5-9-18(20)19-10-6-8-12-21(19)22/h5-12,17,22-23H,13-16H2,1-4H3,(H,28,30)(H,29,33)(H,31,32)/t23-/m0/s1. The predicted octanol–water partition coefficient (Wildman–Crippen LogP) is 4.56. The van der Waals surface area contributed by atoms with E-state index in [2.05, 4.69) is 34.9 Å². The van der Waals surface area contributed by atoms with Gasteiger partial charge in [-0.1, -0.05) is 62.4 Å². The van der Waals surface area contributed by atoms with E-state index in [0.29, 0.717) is 6.42 Å². The third kappa shape index (κ3) is 5.95. The SMILES string of the molecule is CC(C)[C@H](CC(=O)NCCC(C)(C)C(=O)O)NC(=O)OCC1c2ccccc2-c2ccccc21. The number of benzene rings is 2. The van der Waals surface area contributed by atoms with E-state index < -0.39 is 23.5 Å². The highest BCUT2D eigenvalue weighted by molar-refractivity contribution is 5.80. The van der Waals surface area contributed by atoms with Gasteiger partial charge in [0, 0.05) is 24.9 Å². The van der Waals surface area contributed by atoms with E-state index in [4.69, 9.17) is 4.74 Å². The van der Waals surface area contributed by atoms with Crippen LogP contribution in [0.25, 0.3) is 11.1 Å². The first-order valence-corrected chi connectivity index (χ1v) is 11.7. The summed E-state index contributed by atoms with van der Waals surface area (Å²) in [4.78, 5) is 36.2. The second-order valence-electron chi connectivity index (χ2n) is 9.81. The van der Waals surface area contributed by atoms with Crippen molar-refractivity contribution in [3.63, 3.8) is 0 Å². The molecular weight excluding hydrogens is 432 g/mol. The van der Waals surface area contributed by atoms with Crippen molar-refractivity contribution in [3.8, 4) is 11.1 Å². The van der Waals surface area contributed by atoms with Gasteiger partial charge in [0.05, 0.1) is 5.41 Å². The molecule has 0 fully saturated rings. The van der Waals surface area contributed by atoms with E-state index in [-0.39, 0.29) is 37.3 Å². The Morgan fingerprint density at radius 2 is 1.56 bits per heavy atom. The van der Waals surface area contributed by atoms with Gasteiger partial charge in [-0.05, 0) is 48.4 Å². The number of carbonyl (C=O) groups excluding carboxylic acids is 2. The monoisotopic (exact) mass is 466 g/mol. The fourth-order valence-corrected chi connectivity index (χ4v) is 4.14. The summed E-state index contributed by atoms with van der Waals surface area (Å²) in [6, 6.07) is 15.9. The molecule has 0 aromatic heterocycles. The topological polar surface area (TPSA) is 105 Å². The van der Waals surface area contributed by atoms with Crippen LogP contribution in [0.1, 0.15) is 57.6 Å². The molecule has 0 bridgehead atoms. The molecule has 0 unspecified atom stereocenters. The normalized spacial score (nSPS) is 13.7. The summed E-state index contributed by atoms with van der Waals surface area (Å²) >= 11 is 0. The number of fused-ring (bicyclic) bond motifs is 3. The number of carboxylic acids is 1. The van der Waals surface area contributed by atoms with Crippen LogP contribution < -0.4 is 10.6 Å². The van der Waals surface area contributed by atoms with Crippen molar-refractivity contribution >= 4 is 18.0 Å². The molecule has 0 saturated heterocycles. The van der Waals surface area contributed by atoms with Crippen LogP contribution in [0, 0.1) is 11.3 Å². The van der Waals surface area contributed by atoms with Gasteiger partial charge in [0.15, 0.2) is 0 Å². The summed E-state index contributed by atoms with van der Waals surface area (Å²) in [5.41, 5.74) is 3.69. The number of ether oxygens (including phenoxy) is 1. The lowest BCUT2D eigenvalue weighted by Gasteiger charge is -2.23. The van der Waals surface area contributed by atoms with Crippen LogP contribution in [0.5, 0.6) is 0 Å². The van der Waals surface area contributed by atoms with Gasteiger partial charge < -0.3 is 20.5 Å². The second kappa shape index (κ2) is 10.7. The highest BCUT2D eigenvalue weighted by Crippen LogP contribution is 2.44. The number of aliphatic carboxylic acids is 1. The van der Waals surface area contributed by atoms with Crippen molar-refractivity contribution in [1.29, 1.82) is 0 Å². The van der Waals surface area contributed by atoms with E-state index in [1.54, 1.807) is 13.8 Å². The third-order valence-electron chi connectivity index (χ3n) is 6.51. The first kappa shape index (κ1) is 25.3. The fraction of sp³-hybridized carbons (Fsp3) is 0.444. The highest BCUT2D eigenvalue weighted by atomic mass is 16.5. The van der Waals surface area contributed by atoms with Crippen molar-refractivity contribution in [3.05, 3.63) is 59.7 Å². The van der Waals surface area contributed by atoms with E-state index in [0.717, 1.165) is 22.3 Å². The zero-order valence-corrected chi connectivity index (χ0v) is 20.3. The molecule has 1 aliphatic carbocycles. The Hall–Kier alpha value is -3.35. The van der Waals surface area contributed by atoms with Crippen LogP contribution in [-0.4, -0.2) is 42.3 Å². The van der Waals surface area contributed by atoms with Gasteiger partial charge in [-0.3, -0.25) is 9.59 Å². The molecule has 3 rings (SSSR count). The minimum atomic E-state index is -0.912. The third-order valence-corrected chi connectivity index (χ3v) is 6.51. The maximum absolute atomic E-state index is 12.6. The number of carbonyl (C=O) groups is 3. The zero-order valence-electron chi connectivity index (χ0n) is 20.3. The molecule has 2 aromatic carbocycles. The Balaban J connectivity index is 1.54. The zero-order chi connectivity index (χ0) is 24.9. The fourth-order valence-electron chi connectivity index (χ4n) is 4.14. The van der Waals surface area contributed by atoms with E-state index >= 15 is 0 Å². The van der Waals surface area contributed by atoms with Crippen molar-refractivity contribution in [2.45, 2.75) is 52.5 Å². The predicted molar refractivity (Wildman–Crippen MR) is 130 cm³/mol. The van der Waals surface area contributed by atoms with Crippen LogP contribution in [0.4, 0.5) is 4.79 Å². The summed E-state index contributed by atoms with van der Waals surface area (Å²) in [5.74, 6) is -1.16. The summed E-state index contributed by atoms with van der Waals surface area (Å²) in [7, 11) is 0. The number of hydrogen-bond acceptors (Lipinski definition) is 4. The van der Waals surface area contributed by atoms with Gasteiger partial charge in [-0.15, -0.1) is 0 Å². The van der Waals surface area contributed by atoms with Crippen LogP contribution in [0.2, 0.25) is 0 Å². The Kier molecular flexibility index (Phi) is 7.97. The number of alkyl carbamates (subject to hydrolysis) is 1. The van der Waals surface area contributed by atoms with Crippen LogP contribution >= 0.6 is 0 Å². The lowest BCUT2D eigenvalue weighted by Crippen LogP contribution is -2.43. The molecule has 0 aliphatic heterocycles. The molecule has 0 radical (unpaired) electrons.